The normalized spacial score (nSPS) is 18.3. The second-order valence-corrected chi connectivity index (χ2v) is 7.41. The van der Waals surface area contributed by atoms with E-state index in [0.29, 0.717) is 0 Å². The number of para-hydroxylation sites is 1. The number of fused-ring (bicyclic) bond motifs is 1. The van der Waals surface area contributed by atoms with Gasteiger partial charge in [-0.15, -0.1) is 11.3 Å². The lowest BCUT2D eigenvalue weighted by Gasteiger charge is -2.33. The predicted octanol–water partition coefficient (Wildman–Crippen LogP) is 3.80. The molecule has 1 saturated heterocycles. The minimum Gasteiger partial charge on any atom is -0.330 e. The van der Waals surface area contributed by atoms with E-state index in [9.17, 15) is 4.79 Å². The Morgan fingerprint density at radius 2 is 2.20 bits per heavy atom. The highest BCUT2D eigenvalue weighted by molar-refractivity contribution is 7.18. The molecule has 0 radical (unpaired) electrons. The van der Waals surface area contributed by atoms with Crippen LogP contribution in [0.2, 0.25) is 0 Å². The van der Waals surface area contributed by atoms with Gasteiger partial charge < -0.3 is 4.90 Å². The highest BCUT2D eigenvalue weighted by atomic mass is 32.1. The quantitative estimate of drug-likeness (QED) is 0.674. The summed E-state index contributed by atoms with van der Waals surface area (Å²) in [6, 6.07) is 8.24. The van der Waals surface area contributed by atoms with Crippen LogP contribution in [0.15, 0.2) is 42.7 Å². The summed E-state index contributed by atoms with van der Waals surface area (Å²) in [6.07, 6.45) is 10.3. The zero-order valence-corrected chi connectivity index (χ0v) is 14.9. The molecule has 6 heteroatoms. The van der Waals surface area contributed by atoms with Crippen LogP contribution in [0.4, 0.5) is 0 Å². The summed E-state index contributed by atoms with van der Waals surface area (Å²) in [4.78, 5) is 19.5. The number of piperidine rings is 1. The van der Waals surface area contributed by atoms with E-state index >= 15 is 0 Å². The van der Waals surface area contributed by atoms with Gasteiger partial charge in [0, 0.05) is 31.4 Å². The van der Waals surface area contributed by atoms with Crippen LogP contribution >= 0.6 is 11.3 Å². The Kier molecular flexibility index (Phi) is 4.36. The van der Waals surface area contributed by atoms with Gasteiger partial charge in [-0.3, -0.25) is 9.48 Å². The van der Waals surface area contributed by atoms with Crippen molar-refractivity contribution in [3.63, 3.8) is 0 Å². The summed E-state index contributed by atoms with van der Waals surface area (Å²) in [5.74, 6) is 0.0489. The van der Waals surface area contributed by atoms with E-state index in [1.165, 1.54) is 4.70 Å². The molecule has 1 atom stereocenters. The standard InChI is InChI=1S/C19H20N4OS/c1-22-13-14(12-20-22)9-10-18(24)23-11-5-4-7-16(23)19-21-15-6-2-3-8-17(15)25-19/h2-3,6,8-10,12-13,16H,4-5,7,11H2,1H3. The smallest absolute Gasteiger partial charge is 0.247 e. The molecular weight excluding hydrogens is 332 g/mol. The molecule has 1 aromatic carbocycles. The van der Waals surface area contributed by atoms with Gasteiger partial charge in [-0.05, 0) is 37.5 Å². The number of carbonyl (C=O) groups excluding carboxylic acids is 1. The van der Waals surface area contributed by atoms with Gasteiger partial charge in [0.15, 0.2) is 0 Å². The van der Waals surface area contributed by atoms with Gasteiger partial charge in [0.25, 0.3) is 0 Å². The number of aryl methyl sites for hydroxylation is 1. The first-order valence-electron chi connectivity index (χ1n) is 8.53. The monoisotopic (exact) mass is 352 g/mol. The molecule has 2 aromatic heterocycles. The molecule has 0 bridgehead atoms. The average molecular weight is 352 g/mol. The molecule has 1 unspecified atom stereocenters. The van der Waals surface area contributed by atoms with E-state index in [2.05, 4.69) is 11.2 Å². The number of thiazole rings is 1. The molecule has 1 aliphatic rings. The fourth-order valence-corrected chi connectivity index (χ4v) is 4.39. The number of carbonyl (C=O) groups is 1. The van der Waals surface area contributed by atoms with Crippen LogP contribution in [0.5, 0.6) is 0 Å². The number of likely N-dealkylation sites (tertiary alicyclic amines) is 1. The van der Waals surface area contributed by atoms with Gasteiger partial charge >= 0.3 is 0 Å². The van der Waals surface area contributed by atoms with Gasteiger partial charge in [0.1, 0.15) is 5.01 Å². The highest BCUT2D eigenvalue weighted by Gasteiger charge is 2.29. The van der Waals surface area contributed by atoms with Crippen molar-refractivity contribution < 1.29 is 4.79 Å². The van der Waals surface area contributed by atoms with Crippen molar-refractivity contribution in [1.29, 1.82) is 0 Å². The summed E-state index contributed by atoms with van der Waals surface area (Å²) < 4.78 is 2.91. The van der Waals surface area contributed by atoms with Crippen LogP contribution in [0.25, 0.3) is 16.3 Å². The number of hydrogen-bond acceptors (Lipinski definition) is 4. The van der Waals surface area contributed by atoms with E-state index in [1.807, 2.05) is 42.4 Å². The van der Waals surface area contributed by atoms with Gasteiger partial charge in [0.05, 0.1) is 22.5 Å². The summed E-state index contributed by atoms with van der Waals surface area (Å²) in [7, 11) is 1.87. The molecule has 3 aromatic rings. The molecule has 5 nitrogen and oxygen atoms in total. The first-order chi connectivity index (χ1) is 12.2. The zero-order valence-electron chi connectivity index (χ0n) is 14.1. The lowest BCUT2D eigenvalue weighted by atomic mass is 10.0. The highest BCUT2D eigenvalue weighted by Crippen LogP contribution is 2.35. The molecule has 3 heterocycles. The SMILES string of the molecule is Cn1cc(C=CC(=O)N2CCCCC2c2nc3ccccc3s2)cn1. The Bertz CT molecular complexity index is 893. The maximum Gasteiger partial charge on any atom is 0.247 e. The first-order valence-corrected chi connectivity index (χ1v) is 9.35. The van der Waals surface area contributed by atoms with Crippen LogP contribution in [0.1, 0.15) is 35.9 Å². The molecule has 4 rings (SSSR count). The topological polar surface area (TPSA) is 51.0 Å². The molecular formula is C19H20N4OS. The minimum atomic E-state index is 0.0489. The Morgan fingerprint density at radius 1 is 1.32 bits per heavy atom. The number of rotatable bonds is 3. The third-order valence-electron chi connectivity index (χ3n) is 4.52. The van der Waals surface area contributed by atoms with E-state index in [0.717, 1.165) is 41.9 Å². The van der Waals surface area contributed by atoms with Crippen molar-refractivity contribution in [2.75, 3.05) is 6.54 Å². The third kappa shape index (κ3) is 3.35. The molecule has 0 N–H and O–H groups in total. The Balaban J connectivity index is 1.57. The fourth-order valence-electron chi connectivity index (χ4n) is 3.27. The molecule has 1 fully saturated rings. The minimum absolute atomic E-state index is 0.0489. The van der Waals surface area contributed by atoms with E-state index in [-0.39, 0.29) is 11.9 Å². The van der Waals surface area contributed by atoms with Gasteiger partial charge in [0.2, 0.25) is 5.91 Å². The molecule has 25 heavy (non-hydrogen) atoms. The maximum atomic E-state index is 12.8. The van der Waals surface area contributed by atoms with Crippen molar-refractivity contribution >= 4 is 33.5 Å². The molecule has 1 aliphatic heterocycles. The van der Waals surface area contributed by atoms with Crippen molar-refractivity contribution in [1.82, 2.24) is 19.7 Å². The van der Waals surface area contributed by atoms with Gasteiger partial charge in [-0.2, -0.15) is 5.10 Å². The number of aromatic nitrogens is 3. The lowest BCUT2D eigenvalue weighted by molar-refractivity contribution is -0.129. The maximum absolute atomic E-state index is 12.8. The first kappa shape index (κ1) is 16.0. The molecule has 128 valence electrons. The predicted molar refractivity (Wildman–Crippen MR) is 100 cm³/mol. The Labute approximate surface area is 150 Å². The summed E-state index contributed by atoms with van der Waals surface area (Å²) in [6.45, 7) is 0.788. The van der Waals surface area contributed by atoms with Gasteiger partial charge in [-0.25, -0.2) is 4.98 Å². The van der Waals surface area contributed by atoms with Crippen LogP contribution in [-0.2, 0) is 11.8 Å². The molecule has 0 spiro atoms. The van der Waals surface area contributed by atoms with Crippen molar-refractivity contribution in [3.8, 4) is 0 Å². The van der Waals surface area contributed by atoms with E-state index in [4.69, 9.17) is 4.98 Å². The van der Waals surface area contributed by atoms with Crippen LogP contribution in [0, 0.1) is 0 Å². The van der Waals surface area contributed by atoms with E-state index in [1.54, 1.807) is 28.3 Å². The van der Waals surface area contributed by atoms with Crippen LogP contribution < -0.4 is 0 Å². The average Bonchev–Trinajstić information content (AvgIpc) is 3.25. The number of amides is 1. The summed E-state index contributed by atoms with van der Waals surface area (Å²) >= 11 is 1.70. The summed E-state index contributed by atoms with van der Waals surface area (Å²) in [5.41, 5.74) is 1.95. The van der Waals surface area contributed by atoms with Gasteiger partial charge in [-0.1, -0.05) is 12.1 Å². The second kappa shape index (κ2) is 6.80. The van der Waals surface area contributed by atoms with Crippen LogP contribution in [-0.4, -0.2) is 32.1 Å². The number of hydrogen-bond donors (Lipinski definition) is 0. The van der Waals surface area contributed by atoms with Crippen molar-refractivity contribution in [2.24, 2.45) is 7.05 Å². The zero-order chi connectivity index (χ0) is 17.2. The Morgan fingerprint density at radius 3 is 3.00 bits per heavy atom. The number of nitrogens with zero attached hydrogens (tertiary/aromatic N) is 4. The molecule has 1 amide bonds. The van der Waals surface area contributed by atoms with E-state index < -0.39 is 0 Å². The second-order valence-electron chi connectivity index (χ2n) is 6.34. The van der Waals surface area contributed by atoms with Crippen LogP contribution in [0.3, 0.4) is 0 Å². The largest absolute Gasteiger partial charge is 0.330 e. The van der Waals surface area contributed by atoms with Crippen molar-refractivity contribution in [2.45, 2.75) is 25.3 Å². The Hall–Kier alpha value is -2.47. The third-order valence-corrected chi connectivity index (χ3v) is 5.66. The number of benzene rings is 1. The molecule has 0 saturated carbocycles. The lowest BCUT2D eigenvalue weighted by Crippen LogP contribution is -2.37. The fraction of sp³-hybridized carbons (Fsp3) is 0.316. The molecule has 0 aliphatic carbocycles. The summed E-state index contributed by atoms with van der Waals surface area (Å²) in [5, 5.41) is 5.17. The van der Waals surface area contributed by atoms with Crippen molar-refractivity contribution in [3.05, 3.63) is 53.3 Å².